The highest BCUT2D eigenvalue weighted by Gasteiger charge is 2.10. The average molecular weight is 290 g/mol. The summed E-state index contributed by atoms with van der Waals surface area (Å²) in [5.41, 5.74) is 0. The molecule has 1 atom stereocenters. The van der Waals surface area contributed by atoms with Crippen LogP contribution in [-0.4, -0.2) is 24.2 Å². The lowest BCUT2D eigenvalue weighted by molar-refractivity contribution is 0.284. The molecule has 1 aromatic carbocycles. The van der Waals surface area contributed by atoms with Crippen molar-refractivity contribution in [2.24, 2.45) is 0 Å². The van der Waals surface area contributed by atoms with Gasteiger partial charge in [-0.3, -0.25) is 0 Å². The minimum Gasteiger partial charge on any atom is -0.494 e. The van der Waals surface area contributed by atoms with Gasteiger partial charge in [-0.05, 0) is 31.5 Å². The first kappa shape index (κ1) is 15.0. The van der Waals surface area contributed by atoms with Gasteiger partial charge in [0.1, 0.15) is 5.75 Å². The van der Waals surface area contributed by atoms with E-state index in [1.54, 1.807) is 11.3 Å². The molecule has 2 aromatic rings. The molecule has 0 aliphatic carbocycles. The Labute approximate surface area is 125 Å². The van der Waals surface area contributed by atoms with E-state index in [9.17, 15) is 0 Å². The zero-order chi connectivity index (χ0) is 14.0. The van der Waals surface area contributed by atoms with Gasteiger partial charge >= 0.3 is 0 Å². The second kappa shape index (κ2) is 8.72. The number of para-hydroxylation sites is 1. The van der Waals surface area contributed by atoms with Crippen molar-refractivity contribution < 1.29 is 4.74 Å². The second-order valence-electron chi connectivity index (χ2n) is 4.73. The lowest BCUT2D eigenvalue weighted by atomic mass is 10.1. The van der Waals surface area contributed by atoms with Crippen LogP contribution in [0.15, 0.2) is 41.9 Å². The van der Waals surface area contributed by atoms with E-state index in [-0.39, 0.29) is 0 Å². The summed E-state index contributed by atoms with van der Waals surface area (Å²) in [6.07, 6.45) is 5.00. The van der Waals surface area contributed by atoms with Crippen molar-refractivity contribution in [2.75, 3.05) is 13.2 Å². The molecule has 0 spiro atoms. The molecule has 1 N–H and O–H groups in total. The molecule has 0 bridgehead atoms. The van der Waals surface area contributed by atoms with Gasteiger partial charge < -0.3 is 10.1 Å². The predicted molar refractivity (Wildman–Crippen MR) is 84.5 cm³/mol. The van der Waals surface area contributed by atoms with Crippen molar-refractivity contribution in [3.8, 4) is 5.75 Å². The number of rotatable bonds is 9. The Bertz CT molecular complexity index is 459. The van der Waals surface area contributed by atoms with Crippen molar-refractivity contribution in [1.82, 2.24) is 10.3 Å². The second-order valence-corrected chi connectivity index (χ2v) is 5.71. The summed E-state index contributed by atoms with van der Waals surface area (Å²) in [6.45, 7) is 3.96. The normalized spacial score (nSPS) is 12.2. The maximum atomic E-state index is 5.78. The first-order chi connectivity index (χ1) is 9.88. The summed E-state index contributed by atoms with van der Waals surface area (Å²) in [5, 5.41) is 6.81. The SMILES string of the molecule is CCCNC(CCOc1ccccc1)Cc1nccs1. The van der Waals surface area contributed by atoms with Crippen LogP contribution in [0.25, 0.3) is 0 Å². The molecule has 1 aromatic heterocycles. The van der Waals surface area contributed by atoms with Crippen LogP contribution in [0, 0.1) is 0 Å². The third-order valence-electron chi connectivity index (χ3n) is 3.07. The third-order valence-corrected chi connectivity index (χ3v) is 3.87. The summed E-state index contributed by atoms with van der Waals surface area (Å²) in [6, 6.07) is 10.4. The van der Waals surface area contributed by atoms with Gasteiger partial charge in [-0.2, -0.15) is 0 Å². The monoisotopic (exact) mass is 290 g/mol. The van der Waals surface area contributed by atoms with Crippen molar-refractivity contribution in [1.29, 1.82) is 0 Å². The first-order valence-corrected chi connectivity index (χ1v) is 8.06. The van der Waals surface area contributed by atoms with Crippen LogP contribution in [0.1, 0.15) is 24.8 Å². The zero-order valence-corrected chi connectivity index (χ0v) is 12.7. The summed E-state index contributed by atoms with van der Waals surface area (Å²) in [5.74, 6) is 0.941. The molecule has 0 fully saturated rings. The standard InChI is InChI=1S/C16H22N2OS/c1-2-9-17-14(13-16-18-10-12-20-16)8-11-19-15-6-4-3-5-7-15/h3-7,10,12,14,17H,2,8-9,11,13H2,1H3. The van der Waals surface area contributed by atoms with E-state index in [0.717, 1.165) is 38.2 Å². The van der Waals surface area contributed by atoms with Crippen molar-refractivity contribution in [3.63, 3.8) is 0 Å². The molecule has 0 saturated heterocycles. The Morgan fingerprint density at radius 1 is 1.30 bits per heavy atom. The molecule has 0 aliphatic rings. The maximum absolute atomic E-state index is 5.78. The summed E-state index contributed by atoms with van der Waals surface area (Å²) in [7, 11) is 0. The van der Waals surface area contributed by atoms with Gasteiger partial charge in [0.25, 0.3) is 0 Å². The van der Waals surface area contributed by atoms with E-state index >= 15 is 0 Å². The number of benzene rings is 1. The van der Waals surface area contributed by atoms with Gasteiger partial charge in [0.2, 0.25) is 0 Å². The van der Waals surface area contributed by atoms with Crippen molar-refractivity contribution in [3.05, 3.63) is 46.9 Å². The summed E-state index contributed by atoms with van der Waals surface area (Å²) < 4.78 is 5.78. The number of hydrogen-bond acceptors (Lipinski definition) is 4. The zero-order valence-electron chi connectivity index (χ0n) is 11.9. The van der Waals surface area contributed by atoms with Crippen LogP contribution in [0.3, 0.4) is 0 Å². The van der Waals surface area contributed by atoms with Gasteiger partial charge in [0.05, 0.1) is 11.6 Å². The van der Waals surface area contributed by atoms with Crippen LogP contribution in [0.2, 0.25) is 0 Å². The Morgan fingerprint density at radius 2 is 2.15 bits per heavy atom. The Hall–Kier alpha value is -1.39. The van der Waals surface area contributed by atoms with E-state index in [1.165, 1.54) is 5.01 Å². The lowest BCUT2D eigenvalue weighted by Gasteiger charge is -2.17. The molecule has 4 heteroatoms. The minimum absolute atomic E-state index is 0.435. The molecule has 0 amide bonds. The van der Waals surface area contributed by atoms with E-state index in [4.69, 9.17) is 4.74 Å². The summed E-state index contributed by atoms with van der Waals surface area (Å²) in [4.78, 5) is 4.37. The van der Waals surface area contributed by atoms with Gasteiger partial charge in [-0.25, -0.2) is 4.98 Å². The average Bonchev–Trinajstić information content (AvgIpc) is 2.98. The fraction of sp³-hybridized carbons (Fsp3) is 0.438. The number of nitrogens with zero attached hydrogens (tertiary/aromatic N) is 1. The highest BCUT2D eigenvalue weighted by atomic mass is 32.1. The van der Waals surface area contributed by atoms with E-state index < -0.39 is 0 Å². The van der Waals surface area contributed by atoms with Crippen LogP contribution < -0.4 is 10.1 Å². The third kappa shape index (κ3) is 5.31. The quantitative estimate of drug-likeness (QED) is 0.767. The van der Waals surface area contributed by atoms with Gasteiger partial charge in [0, 0.05) is 24.0 Å². The highest BCUT2D eigenvalue weighted by Crippen LogP contribution is 2.12. The fourth-order valence-corrected chi connectivity index (χ4v) is 2.72. The Morgan fingerprint density at radius 3 is 2.85 bits per heavy atom. The molecule has 1 heterocycles. The molecular weight excluding hydrogens is 268 g/mol. The molecule has 2 rings (SSSR count). The molecular formula is C16H22N2OS. The molecule has 1 unspecified atom stereocenters. The Kier molecular flexibility index (Phi) is 6.54. The smallest absolute Gasteiger partial charge is 0.119 e. The lowest BCUT2D eigenvalue weighted by Crippen LogP contribution is -2.33. The number of ether oxygens (including phenoxy) is 1. The number of hydrogen-bond donors (Lipinski definition) is 1. The van der Waals surface area contributed by atoms with Crippen LogP contribution in [-0.2, 0) is 6.42 Å². The largest absolute Gasteiger partial charge is 0.494 e. The molecule has 0 saturated carbocycles. The van der Waals surface area contributed by atoms with Crippen LogP contribution >= 0.6 is 11.3 Å². The molecule has 0 radical (unpaired) electrons. The number of nitrogens with one attached hydrogen (secondary N) is 1. The minimum atomic E-state index is 0.435. The molecule has 108 valence electrons. The van der Waals surface area contributed by atoms with Gasteiger partial charge in [-0.1, -0.05) is 25.1 Å². The maximum Gasteiger partial charge on any atom is 0.119 e. The number of thiazole rings is 1. The Balaban J connectivity index is 1.78. The van der Waals surface area contributed by atoms with Gasteiger partial charge in [0.15, 0.2) is 0 Å². The first-order valence-electron chi connectivity index (χ1n) is 7.18. The van der Waals surface area contributed by atoms with Crippen LogP contribution in [0.4, 0.5) is 0 Å². The van der Waals surface area contributed by atoms with Crippen molar-refractivity contribution >= 4 is 11.3 Å². The van der Waals surface area contributed by atoms with Gasteiger partial charge in [-0.15, -0.1) is 11.3 Å². The molecule has 3 nitrogen and oxygen atoms in total. The predicted octanol–water partition coefficient (Wildman–Crippen LogP) is 3.52. The van der Waals surface area contributed by atoms with E-state index in [2.05, 4.69) is 17.2 Å². The summed E-state index contributed by atoms with van der Waals surface area (Å²) >= 11 is 1.72. The number of aromatic nitrogens is 1. The molecule has 0 aliphatic heterocycles. The van der Waals surface area contributed by atoms with E-state index in [0.29, 0.717) is 6.04 Å². The van der Waals surface area contributed by atoms with Crippen LogP contribution in [0.5, 0.6) is 5.75 Å². The van der Waals surface area contributed by atoms with E-state index in [1.807, 2.05) is 41.9 Å². The topological polar surface area (TPSA) is 34.1 Å². The molecule has 20 heavy (non-hydrogen) atoms. The fourth-order valence-electron chi connectivity index (χ4n) is 2.03. The highest BCUT2D eigenvalue weighted by molar-refractivity contribution is 7.09. The van der Waals surface area contributed by atoms with Crippen molar-refractivity contribution in [2.45, 2.75) is 32.2 Å².